The molecule has 0 saturated heterocycles. The molecule has 1 aromatic rings. The van der Waals surface area contributed by atoms with Gasteiger partial charge in [0, 0.05) is 30.1 Å². The van der Waals surface area contributed by atoms with Gasteiger partial charge in [-0.25, -0.2) is 4.39 Å². The summed E-state index contributed by atoms with van der Waals surface area (Å²) in [6, 6.07) is 5.98. The third-order valence-electron chi connectivity index (χ3n) is 3.00. The maximum Gasteiger partial charge on any atom is 0.224 e. The Hall–Kier alpha value is -2.43. The van der Waals surface area contributed by atoms with Crippen LogP contribution in [0.5, 0.6) is 0 Å². The van der Waals surface area contributed by atoms with E-state index in [1.54, 1.807) is 25.3 Å². The Balaban J connectivity index is 2.34. The third-order valence-corrected chi connectivity index (χ3v) is 3.00. The van der Waals surface area contributed by atoms with Crippen molar-refractivity contribution in [2.45, 2.75) is 19.8 Å². The molecule has 0 fully saturated rings. The van der Waals surface area contributed by atoms with Crippen molar-refractivity contribution in [1.82, 2.24) is 10.6 Å². The van der Waals surface area contributed by atoms with E-state index in [0.717, 1.165) is 16.8 Å². The largest absolute Gasteiger partial charge is 0.363 e. The van der Waals surface area contributed by atoms with Gasteiger partial charge in [-0.2, -0.15) is 0 Å². The molecule has 0 saturated carbocycles. The molecule has 3 N–H and O–H groups in total. The van der Waals surface area contributed by atoms with Crippen LogP contribution in [-0.2, 0) is 4.79 Å². The number of hydrogen-bond donors (Lipinski definition) is 3. The summed E-state index contributed by atoms with van der Waals surface area (Å²) >= 11 is 0. The molecule has 0 atom stereocenters. The van der Waals surface area contributed by atoms with Gasteiger partial charge in [0.2, 0.25) is 5.91 Å². The molecule has 5 heteroatoms. The monoisotopic (exact) mass is 273 g/mol. The quantitative estimate of drug-likeness (QED) is 0.738. The normalized spacial score (nSPS) is 15.9. The standard InChI is InChI=1S/C15H16FN3O/c1-10(8-17)9-18-13-6-7-14(20)19-15(13)11-2-4-12(16)5-3-11/h2-5,8-9,17-18H,6-7H2,1H3,(H,19,20)/b10-9-,17-8?. The smallest absolute Gasteiger partial charge is 0.224 e. The Morgan fingerprint density at radius 2 is 2.05 bits per heavy atom. The summed E-state index contributed by atoms with van der Waals surface area (Å²) in [6.45, 7) is 1.81. The molecule has 0 bridgehead atoms. The van der Waals surface area contributed by atoms with Gasteiger partial charge in [-0.05, 0) is 43.2 Å². The van der Waals surface area contributed by atoms with Crippen molar-refractivity contribution in [3.8, 4) is 0 Å². The summed E-state index contributed by atoms with van der Waals surface area (Å²) in [6.07, 6.45) is 3.95. The van der Waals surface area contributed by atoms with Gasteiger partial charge in [-0.3, -0.25) is 4.79 Å². The van der Waals surface area contributed by atoms with E-state index in [0.29, 0.717) is 18.5 Å². The third kappa shape index (κ3) is 3.32. The van der Waals surface area contributed by atoms with Crippen molar-refractivity contribution < 1.29 is 9.18 Å². The van der Waals surface area contributed by atoms with Crippen LogP contribution in [0.1, 0.15) is 25.3 Å². The molecule has 1 aliphatic heterocycles. The van der Waals surface area contributed by atoms with Crippen molar-refractivity contribution in [2.75, 3.05) is 0 Å². The lowest BCUT2D eigenvalue weighted by molar-refractivity contribution is -0.120. The summed E-state index contributed by atoms with van der Waals surface area (Å²) < 4.78 is 13.0. The number of hydrogen-bond acceptors (Lipinski definition) is 3. The maximum atomic E-state index is 13.0. The number of nitrogens with one attached hydrogen (secondary N) is 3. The maximum absolute atomic E-state index is 13.0. The molecular weight excluding hydrogens is 257 g/mol. The van der Waals surface area contributed by atoms with Gasteiger partial charge >= 0.3 is 0 Å². The van der Waals surface area contributed by atoms with E-state index in [1.165, 1.54) is 18.3 Å². The summed E-state index contributed by atoms with van der Waals surface area (Å²) in [5.41, 5.74) is 3.04. The fraction of sp³-hybridized carbons (Fsp3) is 0.200. The molecule has 2 rings (SSSR count). The zero-order chi connectivity index (χ0) is 14.5. The first-order valence-corrected chi connectivity index (χ1v) is 6.33. The molecule has 0 unspecified atom stereocenters. The van der Waals surface area contributed by atoms with Crippen LogP contribution in [-0.4, -0.2) is 12.1 Å². The lowest BCUT2D eigenvalue weighted by Crippen LogP contribution is -2.30. The lowest BCUT2D eigenvalue weighted by Gasteiger charge is -2.21. The van der Waals surface area contributed by atoms with Crippen molar-refractivity contribution in [3.05, 3.63) is 53.1 Å². The SMILES string of the molecule is C/C(C=N)=C/NC1=C(c2ccc(F)cc2)NC(=O)CC1. The van der Waals surface area contributed by atoms with Crippen molar-refractivity contribution in [1.29, 1.82) is 5.41 Å². The number of halogens is 1. The molecule has 4 nitrogen and oxygen atoms in total. The number of allylic oxidation sites excluding steroid dienone is 2. The lowest BCUT2D eigenvalue weighted by atomic mass is 10.0. The van der Waals surface area contributed by atoms with Gasteiger partial charge < -0.3 is 16.0 Å². The fourth-order valence-corrected chi connectivity index (χ4v) is 1.89. The Morgan fingerprint density at radius 1 is 1.35 bits per heavy atom. The van der Waals surface area contributed by atoms with Crippen LogP contribution in [0.3, 0.4) is 0 Å². The topological polar surface area (TPSA) is 65.0 Å². The Kier molecular flexibility index (Phi) is 4.30. The second kappa shape index (κ2) is 6.14. The van der Waals surface area contributed by atoms with Crippen molar-refractivity contribution >= 4 is 17.8 Å². The molecule has 0 aliphatic carbocycles. The second-order valence-corrected chi connectivity index (χ2v) is 4.59. The number of carbonyl (C=O) groups is 1. The van der Waals surface area contributed by atoms with Crippen LogP contribution >= 0.6 is 0 Å². The Morgan fingerprint density at radius 3 is 2.70 bits per heavy atom. The van der Waals surface area contributed by atoms with Crippen LogP contribution in [0.2, 0.25) is 0 Å². The fourth-order valence-electron chi connectivity index (χ4n) is 1.89. The van der Waals surface area contributed by atoms with Crippen molar-refractivity contribution in [3.63, 3.8) is 0 Å². The van der Waals surface area contributed by atoms with Crippen molar-refractivity contribution in [2.24, 2.45) is 0 Å². The Labute approximate surface area is 116 Å². The molecule has 1 heterocycles. The molecule has 1 aliphatic rings. The van der Waals surface area contributed by atoms with Crippen LogP contribution in [0.15, 0.2) is 41.7 Å². The van der Waals surface area contributed by atoms with E-state index >= 15 is 0 Å². The summed E-state index contributed by atoms with van der Waals surface area (Å²) in [5.74, 6) is -0.367. The van der Waals surface area contributed by atoms with E-state index in [2.05, 4.69) is 10.6 Å². The number of rotatable bonds is 4. The van der Waals surface area contributed by atoms with Gasteiger partial charge in [-0.1, -0.05) is 0 Å². The van der Waals surface area contributed by atoms with Crippen LogP contribution in [0, 0.1) is 11.2 Å². The predicted molar refractivity (Wildman–Crippen MR) is 76.4 cm³/mol. The van der Waals surface area contributed by atoms with E-state index in [1.807, 2.05) is 0 Å². The molecule has 1 aromatic carbocycles. The second-order valence-electron chi connectivity index (χ2n) is 4.59. The van der Waals surface area contributed by atoms with Gasteiger partial charge in [0.25, 0.3) is 0 Å². The highest BCUT2D eigenvalue weighted by atomic mass is 19.1. The van der Waals surface area contributed by atoms with Crippen LogP contribution in [0.25, 0.3) is 5.70 Å². The van der Waals surface area contributed by atoms with Gasteiger partial charge in [-0.15, -0.1) is 0 Å². The minimum absolute atomic E-state index is 0.0531. The summed E-state index contributed by atoms with van der Waals surface area (Å²) in [5, 5.41) is 13.1. The zero-order valence-corrected chi connectivity index (χ0v) is 11.2. The highest BCUT2D eigenvalue weighted by Gasteiger charge is 2.18. The van der Waals surface area contributed by atoms with Gasteiger partial charge in [0.05, 0.1) is 5.70 Å². The van der Waals surface area contributed by atoms with Crippen LogP contribution < -0.4 is 10.6 Å². The van der Waals surface area contributed by atoms with Gasteiger partial charge in [0.15, 0.2) is 0 Å². The molecule has 0 spiro atoms. The molecule has 104 valence electrons. The van der Waals surface area contributed by atoms with E-state index in [4.69, 9.17) is 5.41 Å². The van der Waals surface area contributed by atoms with Gasteiger partial charge in [0.1, 0.15) is 5.82 Å². The molecule has 0 radical (unpaired) electrons. The first kappa shape index (κ1) is 14.0. The average Bonchev–Trinajstić information content (AvgIpc) is 2.46. The highest BCUT2D eigenvalue weighted by molar-refractivity contribution is 5.90. The Bertz CT molecular complexity index is 588. The average molecular weight is 273 g/mol. The minimum Gasteiger partial charge on any atom is -0.363 e. The van der Waals surface area contributed by atoms with E-state index in [-0.39, 0.29) is 11.7 Å². The first-order chi connectivity index (χ1) is 9.60. The minimum atomic E-state index is -0.314. The first-order valence-electron chi connectivity index (χ1n) is 6.33. The zero-order valence-electron chi connectivity index (χ0n) is 11.2. The van der Waals surface area contributed by atoms with E-state index < -0.39 is 0 Å². The number of amides is 1. The summed E-state index contributed by atoms with van der Waals surface area (Å²) in [4.78, 5) is 11.6. The summed E-state index contributed by atoms with van der Waals surface area (Å²) in [7, 11) is 0. The molecule has 20 heavy (non-hydrogen) atoms. The van der Waals surface area contributed by atoms with E-state index in [9.17, 15) is 9.18 Å². The molecular formula is C15H16FN3O. The molecule has 1 amide bonds. The molecule has 0 aromatic heterocycles. The number of benzene rings is 1. The van der Waals surface area contributed by atoms with Crippen LogP contribution in [0.4, 0.5) is 4.39 Å². The highest BCUT2D eigenvalue weighted by Crippen LogP contribution is 2.22. The number of carbonyl (C=O) groups excluding carboxylic acids is 1. The predicted octanol–water partition coefficient (Wildman–Crippen LogP) is 2.55.